The summed E-state index contributed by atoms with van der Waals surface area (Å²) >= 11 is 1.67. The molecule has 0 unspecified atom stereocenters. The van der Waals surface area contributed by atoms with E-state index in [1.165, 1.54) is 43.3 Å². The Balaban J connectivity index is 0.000000263. The topological polar surface area (TPSA) is 120 Å². The van der Waals surface area contributed by atoms with Crippen molar-refractivity contribution in [2.45, 2.75) is 23.6 Å². The number of nitrogens with zero attached hydrogens (tertiary/aromatic N) is 2. The fourth-order valence-electron chi connectivity index (χ4n) is 1.77. The zero-order chi connectivity index (χ0) is 19.7. The van der Waals surface area contributed by atoms with Gasteiger partial charge in [0.1, 0.15) is 0 Å². The summed E-state index contributed by atoms with van der Waals surface area (Å²) in [5, 5.41) is 20.6. The zero-order valence-corrected chi connectivity index (χ0v) is 15.8. The van der Waals surface area contributed by atoms with Gasteiger partial charge in [0.2, 0.25) is 0 Å². The molecule has 0 aromatic heterocycles. The second-order valence-electron chi connectivity index (χ2n) is 4.84. The average molecular weight is 398 g/mol. The van der Waals surface area contributed by atoms with E-state index < -0.39 is 14.8 Å². The maximum Gasteiger partial charge on any atom is 0.269 e. The molecule has 0 fully saturated rings. The highest BCUT2D eigenvalue weighted by Crippen LogP contribution is 2.20. The van der Waals surface area contributed by atoms with Gasteiger partial charge < -0.3 is 0 Å². The molecule has 0 radical (unpaired) electrons. The second kappa shape index (κ2) is 9.88. The Hall–Kier alpha value is -2.46. The average Bonchev–Trinajstić information content (AvgIpc) is 2.63. The number of hydrogen-bond acceptors (Lipinski definition) is 7. The summed E-state index contributed by atoms with van der Waals surface area (Å²) in [5.41, 5.74) is 0.0375. The van der Waals surface area contributed by atoms with Crippen LogP contribution < -0.4 is 0 Å². The Morgan fingerprint density at radius 2 is 1.27 bits per heavy atom. The van der Waals surface area contributed by atoms with E-state index in [0.717, 1.165) is 10.6 Å². The summed E-state index contributed by atoms with van der Waals surface area (Å²) in [6.07, 6.45) is 0. The van der Waals surface area contributed by atoms with Crippen molar-refractivity contribution < 1.29 is 18.3 Å². The van der Waals surface area contributed by atoms with Crippen LogP contribution in [0, 0.1) is 20.2 Å². The Labute approximate surface area is 155 Å². The van der Waals surface area contributed by atoms with Gasteiger partial charge in [0.25, 0.3) is 11.4 Å². The number of nitro groups is 2. The van der Waals surface area contributed by atoms with Crippen molar-refractivity contribution in [3.8, 4) is 0 Å². The molecule has 0 aliphatic carbocycles. The molecular weight excluding hydrogens is 380 g/mol. The van der Waals surface area contributed by atoms with E-state index in [1.54, 1.807) is 23.9 Å². The molecule has 0 aliphatic heterocycles. The second-order valence-corrected chi connectivity index (χ2v) is 8.45. The van der Waals surface area contributed by atoms with Crippen LogP contribution >= 0.6 is 11.8 Å². The fraction of sp³-hybridized carbons (Fsp3) is 0.250. The maximum atomic E-state index is 11.3. The molecule has 26 heavy (non-hydrogen) atoms. The molecule has 0 saturated heterocycles. The van der Waals surface area contributed by atoms with Crippen molar-refractivity contribution >= 4 is 33.0 Å². The van der Waals surface area contributed by atoms with Crippen LogP contribution in [0.2, 0.25) is 0 Å². The third kappa shape index (κ3) is 6.45. The SMILES string of the molecule is CCS(=O)(=O)c1ccc([N+](=O)[O-])cc1.CCSc1ccc([N+](=O)[O-])cc1. The van der Waals surface area contributed by atoms with E-state index in [9.17, 15) is 28.6 Å². The van der Waals surface area contributed by atoms with E-state index >= 15 is 0 Å². The molecule has 8 nitrogen and oxygen atoms in total. The minimum absolute atomic E-state index is 0.00912. The lowest BCUT2D eigenvalue weighted by molar-refractivity contribution is -0.385. The summed E-state index contributed by atoms with van der Waals surface area (Å²) in [5.74, 6) is 0.975. The molecule has 0 spiro atoms. The van der Waals surface area contributed by atoms with Gasteiger partial charge in [-0.2, -0.15) is 0 Å². The van der Waals surface area contributed by atoms with E-state index in [1.807, 2.05) is 6.92 Å². The van der Waals surface area contributed by atoms with Gasteiger partial charge in [-0.15, -0.1) is 11.8 Å². The van der Waals surface area contributed by atoms with Gasteiger partial charge in [0.15, 0.2) is 9.84 Å². The number of non-ortho nitro benzene ring substituents is 2. The third-order valence-corrected chi connectivity index (χ3v) is 5.79. The minimum atomic E-state index is -3.26. The molecule has 0 N–H and O–H groups in total. The van der Waals surface area contributed by atoms with E-state index in [2.05, 4.69) is 0 Å². The van der Waals surface area contributed by atoms with Crippen molar-refractivity contribution in [1.29, 1.82) is 0 Å². The van der Waals surface area contributed by atoms with Crippen molar-refractivity contribution in [2.24, 2.45) is 0 Å². The smallest absolute Gasteiger partial charge is 0.258 e. The Morgan fingerprint density at radius 3 is 1.62 bits per heavy atom. The predicted octanol–water partition coefficient (Wildman–Crippen LogP) is 4.10. The van der Waals surface area contributed by atoms with Gasteiger partial charge in [0, 0.05) is 29.2 Å². The summed E-state index contributed by atoms with van der Waals surface area (Å²) < 4.78 is 22.6. The normalized spacial score (nSPS) is 10.5. The highest BCUT2D eigenvalue weighted by molar-refractivity contribution is 7.99. The quantitative estimate of drug-likeness (QED) is 0.408. The van der Waals surface area contributed by atoms with Gasteiger partial charge in [-0.1, -0.05) is 13.8 Å². The molecule has 0 heterocycles. The van der Waals surface area contributed by atoms with E-state index in [-0.39, 0.29) is 26.9 Å². The highest BCUT2D eigenvalue weighted by atomic mass is 32.2. The van der Waals surface area contributed by atoms with Crippen molar-refractivity contribution in [3.63, 3.8) is 0 Å². The van der Waals surface area contributed by atoms with Gasteiger partial charge in [-0.3, -0.25) is 20.2 Å². The van der Waals surface area contributed by atoms with Crippen LogP contribution in [-0.2, 0) is 9.84 Å². The Morgan fingerprint density at radius 1 is 0.846 bits per heavy atom. The Kier molecular flexibility index (Phi) is 8.20. The zero-order valence-electron chi connectivity index (χ0n) is 14.2. The number of sulfone groups is 1. The monoisotopic (exact) mass is 398 g/mol. The number of nitro benzene ring substituents is 2. The lowest BCUT2D eigenvalue weighted by Gasteiger charge is -1.99. The standard InChI is InChI=1S/C8H9NO4S.C8H9NO2S/c1-2-14(12,13)8-5-3-7(4-6-8)9(10)11;1-2-12-8-5-3-7(4-6-8)9(10)11/h3-6H,2H2,1H3;3-6H,2H2,1H3. The predicted molar refractivity (Wildman–Crippen MR) is 100 cm³/mol. The van der Waals surface area contributed by atoms with Crippen LogP contribution in [0.5, 0.6) is 0 Å². The van der Waals surface area contributed by atoms with Gasteiger partial charge >= 0.3 is 0 Å². The van der Waals surface area contributed by atoms with Crippen LogP contribution in [0.4, 0.5) is 11.4 Å². The summed E-state index contributed by atoms with van der Waals surface area (Å²) in [6.45, 7) is 3.57. The van der Waals surface area contributed by atoms with Crippen LogP contribution in [0.1, 0.15) is 13.8 Å². The van der Waals surface area contributed by atoms with Crippen molar-refractivity contribution in [3.05, 3.63) is 68.8 Å². The molecule has 140 valence electrons. The summed E-state index contributed by atoms with van der Waals surface area (Å²) in [6, 6.07) is 11.5. The van der Waals surface area contributed by atoms with Gasteiger partial charge in [-0.25, -0.2) is 8.42 Å². The molecule has 0 saturated carbocycles. The first-order chi connectivity index (χ1) is 12.2. The lowest BCUT2D eigenvalue weighted by Crippen LogP contribution is -2.03. The minimum Gasteiger partial charge on any atom is -0.258 e. The molecule has 2 aromatic rings. The number of thioether (sulfide) groups is 1. The molecule has 0 atom stereocenters. The van der Waals surface area contributed by atoms with Crippen LogP contribution in [0.3, 0.4) is 0 Å². The molecule has 0 bridgehead atoms. The van der Waals surface area contributed by atoms with E-state index in [4.69, 9.17) is 0 Å². The van der Waals surface area contributed by atoms with Gasteiger partial charge in [0.05, 0.1) is 20.5 Å². The molecular formula is C16H18N2O6S2. The largest absolute Gasteiger partial charge is 0.269 e. The van der Waals surface area contributed by atoms with Crippen LogP contribution in [0.25, 0.3) is 0 Å². The maximum absolute atomic E-state index is 11.3. The lowest BCUT2D eigenvalue weighted by atomic mass is 10.3. The fourth-order valence-corrected chi connectivity index (χ4v) is 3.32. The molecule has 2 rings (SSSR count). The van der Waals surface area contributed by atoms with E-state index in [0.29, 0.717) is 0 Å². The van der Waals surface area contributed by atoms with Crippen LogP contribution in [-0.4, -0.2) is 29.8 Å². The van der Waals surface area contributed by atoms with Crippen molar-refractivity contribution in [1.82, 2.24) is 0 Å². The molecule has 2 aromatic carbocycles. The first-order valence-electron chi connectivity index (χ1n) is 7.55. The summed E-state index contributed by atoms with van der Waals surface area (Å²) in [7, 11) is -3.26. The van der Waals surface area contributed by atoms with Gasteiger partial charge in [-0.05, 0) is 30.0 Å². The first kappa shape index (κ1) is 21.6. The number of hydrogen-bond donors (Lipinski definition) is 0. The van der Waals surface area contributed by atoms with Crippen molar-refractivity contribution in [2.75, 3.05) is 11.5 Å². The molecule has 0 aliphatic rings. The summed E-state index contributed by atoms with van der Waals surface area (Å²) in [4.78, 5) is 20.8. The highest BCUT2D eigenvalue weighted by Gasteiger charge is 2.13. The Bertz CT molecular complexity index is 849. The molecule has 10 heteroatoms. The first-order valence-corrected chi connectivity index (χ1v) is 10.2. The molecule has 0 amide bonds. The number of benzene rings is 2. The number of rotatable bonds is 6. The third-order valence-electron chi connectivity index (χ3n) is 3.15. The van der Waals surface area contributed by atoms with Crippen LogP contribution in [0.15, 0.2) is 58.3 Å².